The number of benzene rings is 3. The molecule has 1 spiro atoms. The van der Waals surface area contributed by atoms with E-state index in [0.717, 1.165) is 50.3 Å². The van der Waals surface area contributed by atoms with Crippen LogP contribution in [0.4, 0.5) is 5.69 Å². The SMILES string of the molecule is CCc1ccc2c(c1)C1(Oc3ccc(Br)cc3C3CC(c4ccccc4)=NN31)C(=O)N2. The van der Waals surface area contributed by atoms with Gasteiger partial charge in [0, 0.05) is 16.5 Å². The second kappa shape index (κ2) is 6.69. The Labute approximate surface area is 188 Å². The first kappa shape index (κ1) is 18.6. The first-order valence-electron chi connectivity index (χ1n) is 10.5. The van der Waals surface area contributed by atoms with Gasteiger partial charge in [-0.05, 0) is 47.9 Å². The monoisotopic (exact) mass is 473 g/mol. The minimum absolute atomic E-state index is 0.0987. The zero-order valence-electron chi connectivity index (χ0n) is 16.9. The number of carbonyl (C=O) groups is 1. The Hall–Kier alpha value is -3.12. The van der Waals surface area contributed by atoms with E-state index >= 15 is 0 Å². The average molecular weight is 474 g/mol. The number of carbonyl (C=O) groups excluding carboxylic acids is 1. The summed E-state index contributed by atoms with van der Waals surface area (Å²) in [5.74, 6) is 0.520. The summed E-state index contributed by atoms with van der Waals surface area (Å²) in [6.07, 6.45) is 1.58. The Balaban J connectivity index is 1.59. The van der Waals surface area contributed by atoms with E-state index in [1.807, 2.05) is 47.5 Å². The number of hydrazone groups is 1. The van der Waals surface area contributed by atoms with Gasteiger partial charge in [0.2, 0.25) is 0 Å². The number of ether oxygens (including phenoxy) is 1. The van der Waals surface area contributed by atoms with Crippen LogP contribution in [0.5, 0.6) is 5.75 Å². The maximum atomic E-state index is 13.5. The summed E-state index contributed by atoms with van der Waals surface area (Å²) in [4.78, 5) is 13.5. The molecule has 0 bridgehead atoms. The van der Waals surface area contributed by atoms with Crippen molar-refractivity contribution in [2.45, 2.75) is 31.5 Å². The summed E-state index contributed by atoms with van der Waals surface area (Å²) in [6.45, 7) is 2.11. The third-order valence-corrected chi connectivity index (χ3v) is 6.84. The van der Waals surface area contributed by atoms with Crippen LogP contribution in [0.1, 0.15) is 41.6 Å². The molecular formula is C25H20BrN3O2. The van der Waals surface area contributed by atoms with Gasteiger partial charge in [-0.2, -0.15) is 5.10 Å². The number of hydrogen-bond acceptors (Lipinski definition) is 4. The molecule has 3 aliphatic heterocycles. The van der Waals surface area contributed by atoms with E-state index in [0.29, 0.717) is 6.42 Å². The number of hydrogen-bond donors (Lipinski definition) is 1. The van der Waals surface area contributed by atoms with Crippen molar-refractivity contribution in [1.29, 1.82) is 0 Å². The van der Waals surface area contributed by atoms with E-state index in [1.165, 1.54) is 0 Å². The number of halogens is 1. The molecule has 2 atom stereocenters. The standard InChI is InChI=1S/C25H20BrN3O2/c1-2-15-8-10-20-19(12-15)25(24(30)27-20)29-22(18-13-17(26)9-11-23(18)31-25)14-21(28-29)16-6-4-3-5-7-16/h3-13,22H,2,14H2,1H3,(H,27,30). The summed E-state index contributed by atoms with van der Waals surface area (Å²) in [5, 5.41) is 9.91. The molecular weight excluding hydrogens is 454 g/mol. The minimum Gasteiger partial charge on any atom is -0.453 e. The lowest BCUT2D eigenvalue weighted by atomic mass is 9.91. The molecule has 6 heteroatoms. The van der Waals surface area contributed by atoms with Crippen LogP contribution >= 0.6 is 15.9 Å². The molecule has 154 valence electrons. The van der Waals surface area contributed by atoms with Crippen molar-refractivity contribution in [3.05, 3.63) is 93.5 Å². The van der Waals surface area contributed by atoms with Crippen molar-refractivity contribution in [1.82, 2.24) is 5.01 Å². The quantitative estimate of drug-likeness (QED) is 0.544. The van der Waals surface area contributed by atoms with Gasteiger partial charge in [0.15, 0.2) is 0 Å². The van der Waals surface area contributed by atoms with Gasteiger partial charge in [0.25, 0.3) is 5.91 Å². The maximum absolute atomic E-state index is 13.5. The van der Waals surface area contributed by atoms with E-state index in [1.54, 1.807) is 0 Å². The summed E-state index contributed by atoms with van der Waals surface area (Å²) < 4.78 is 7.53. The van der Waals surface area contributed by atoms with Crippen LogP contribution in [-0.4, -0.2) is 16.6 Å². The number of rotatable bonds is 2. The molecule has 0 aliphatic carbocycles. The highest BCUT2D eigenvalue weighted by molar-refractivity contribution is 9.10. The summed E-state index contributed by atoms with van der Waals surface area (Å²) in [5.41, 5.74) is 4.49. The zero-order valence-corrected chi connectivity index (χ0v) is 18.5. The van der Waals surface area contributed by atoms with Gasteiger partial charge < -0.3 is 10.1 Å². The third-order valence-electron chi connectivity index (χ3n) is 6.34. The Morgan fingerprint density at radius 3 is 2.81 bits per heavy atom. The van der Waals surface area contributed by atoms with Crippen molar-refractivity contribution in [2.75, 3.05) is 5.32 Å². The number of nitrogens with one attached hydrogen (secondary N) is 1. The highest BCUT2D eigenvalue weighted by Gasteiger charge is 2.60. The normalized spacial score (nSPS) is 23.0. The lowest BCUT2D eigenvalue weighted by Crippen LogP contribution is -2.55. The van der Waals surface area contributed by atoms with Gasteiger partial charge in [-0.1, -0.05) is 59.3 Å². The Morgan fingerprint density at radius 2 is 2.00 bits per heavy atom. The number of aryl methyl sites for hydroxylation is 1. The summed E-state index contributed by atoms with van der Waals surface area (Å²) >= 11 is 3.59. The van der Waals surface area contributed by atoms with Crippen molar-refractivity contribution < 1.29 is 9.53 Å². The van der Waals surface area contributed by atoms with E-state index in [9.17, 15) is 4.79 Å². The number of nitrogens with zero attached hydrogens (tertiary/aromatic N) is 2. The maximum Gasteiger partial charge on any atom is 0.306 e. The molecule has 1 N–H and O–H groups in total. The molecule has 3 heterocycles. The molecule has 31 heavy (non-hydrogen) atoms. The molecule has 0 radical (unpaired) electrons. The van der Waals surface area contributed by atoms with Crippen molar-refractivity contribution in [2.24, 2.45) is 5.10 Å². The Bertz CT molecular complexity index is 1260. The fourth-order valence-electron chi connectivity index (χ4n) is 4.79. The van der Waals surface area contributed by atoms with Crippen molar-refractivity contribution in [3.63, 3.8) is 0 Å². The molecule has 3 aliphatic rings. The molecule has 6 rings (SSSR count). The van der Waals surface area contributed by atoms with E-state index in [-0.39, 0.29) is 11.9 Å². The molecule has 0 saturated carbocycles. The van der Waals surface area contributed by atoms with Crippen LogP contribution in [0, 0.1) is 0 Å². The predicted octanol–water partition coefficient (Wildman–Crippen LogP) is 5.36. The van der Waals surface area contributed by atoms with Crippen molar-refractivity contribution in [3.8, 4) is 5.75 Å². The smallest absolute Gasteiger partial charge is 0.306 e. The van der Waals surface area contributed by atoms with Gasteiger partial charge >= 0.3 is 5.72 Å². The lowest BCUT2D eigenvalue weighted by Gasteiger charge is -2.44. The van der Waals surface area contributed by atoms with Crippen LogP contribution < -0.4 is 10.1 Å². The fraction of sp³-hybridized carbons (Fsp3) is 0.200. The number of anilines is 1. The van der Waals surface area contributed by atoms with E-state index < -0.39 is 5.72 Å². The Kier molecular flexibility index (Phi) is 4.02. The molecule has 3 aromatic rings. The number of amides is 1. The van der Waals surface area contributed by atoms with Crippen LogP contribution in [0.25, 0.3) is 0 Å². The highest BCUT2D eigenvalue weighted by atomic mass is 79.9. The largest absolute Gasteiger partial charge is 0.453 e. The minimum atomic E-state index is -1.32. The van der Waals surface area contributed by atoms with Gasteiger partial charge in [-0.25, -0.2) is 5.01 Å². The van der Waals surface area contributed by atoms with Gasteiger partial charge in [-0.15, -0.1) is 0 Å². The van der Waals surface area contributed by atoms with E-state index in [4.69, 9.17) is 9.84 Å². The summed E-state index contributed by atoms with van der Waals surface area (Å²) in [6, 6.07) is 22.1. The van der Waals surface area contributed by atoms with Crippen molar-refractivity contribution >= 4 is 33.2 Å². The first-order chi connectivity index (χ1) is 15.1. The molecule has 1 amide bonds. The van der Waals surface area contributed by atoms with Crippen LogP contribution in [0.3, 0.4) is 0 Å². The topological polar surface area (TPSA) is 53.9 Å². The first-order valence-corrected chi connectivity index (χ1v) is 11.2. The van der Waals surface area contributed by atoms with Gasteiger partial charge in [0.1, 0.15) is 5.75 Å². The molecule has 2 unspecified atom stereocenters. The fourth-order valence-corrected chi connectivity index (χ4v) is 5.16. The molecule has 0 aromatic heterocycles. The Morgan fingerprint density at radius 1 is 1.16 bits per heavy atom. The lowest BCUT2D eigenvalue weighted by molar-refractivity contribution is -0.161. The van der Waals surface area contributed by atoms with Crippen LogP contribution in [0.15, 0.2) is 76.3 Å². The molecule has 0 saturated heterocycles. The zero-order chi connectivity index (χ0) is 21.2. The molecule has 3 aromatic carbocycles. The van der Waals surface area contributed by atoms with Crippen LogP contribution in [0.2, 0.25) is 0 Å². The molecule has 0 fully saturated rings. The average Bonchev–Trinajstić information content (AvgIpc) is 3.36. The summed E-state index contributed by atoms with van der Waals surface area (Å²) in [7, 11) is 0. The second-order valence-corrected chi connectivity index (χ2v) is 9.01. The second-order valence-electron chi connectivity index (χ2n) is 8.09. The third kappa shape index (κ3) is 2.61. The number of fused-ring (bicyclic) bond motifs is 6. The van der Waals surface area contributed by atoms with Gasteiger partial charge in [-0.3, -0.25) is 4.79 Å². The van der Waals surface area contributed by atoms with Crippen LogP contribution in [-0.2, 0) is 16.9 Å². The van der Waals surface area contributed by atoms with Gasteiger partial charge in [0.05, 0.1) is 23.0 Å². The highest BCUT2D eigenvalue weighted by Crippen LogP contribution is 2.54. The molecule has 5 nitrogen and oxygen atoms in total. The van der Waals surface area contributed by atoms with E-state index in [2.05, 4.69) is 52.4 Å². The predicted molar refractivity (Wildman–Crippen MR) is 123 cm³/mol.